The van der Waals surface area contributed by atoms with E-state index in [9.17, 15) is 14.0 Å². The second-order valence-corrected chi connectivity index (χ2v) is 9.17. The fourth-order valence-corrected chi connectivity index (χ4v) is 5.32. The molecule has 1 aliphatic carbocycles. The Balaban J connectivity index is 1.22. The predicted molar refractivity (Wildman–Crippen MR) is 123 cm³/mol. The standard InChI is InChI=1S/C27H27FN2O3/c28-21-10-11-25-24(16-21)23(12-13-29-25)20-8-6-19(7-9-20)15-26(31)30-22(17-33-27(30)32)14-18-4-2-1-3-5-18/h1-5,10-13,16,19-20,22H,6-9,14-15,17H2/t19?,20?,22-/m1/s1. The third-order valence-electron chi connectivity index (χ3n) is 7.03. The van der Waals surface area contributed by atoms with Crippen molar-refractivity contribution in [2.45, 2.75) is 50.5 Å². The van der Waals surface area contributed by atoms with Gasteiger partial charge in [-0.25, -0.2) is 14.1 Å². The molecule has 1 saturated carbocycles. The van der Waals surface area contributed by atoms with Crippen molar-refractivity contribution >= 4 is 22.9 Å². The van der Waals surface area contributed by atoms with E-state index in [1.54, 1.807) is 18.3 Å². The van der Waals surface area contributed by atoms with Crippen molar-refractivity contribution in [1.82, 2.24) is 9.88 Å². The lowest BCUT2D eigenvalue weighted by Crippen LogP contribution is -2.41. The van der Waals surface area contributed by atoms with Crippen LogP contribution in [-0.4, -0.2) is 34.5 Å². The molecule has 5 rings (SSSR count). The van der Waals surface area contributed by atoms with Gasteiger partial charge in [0.15, 0.2) is 0 Å². The average Bonchev–Trinajstić information content (AvgIpc) is 3.19. The topological polar surface area (TPSA) is 59.5 Å². The molecular formula is C27H27FN2O3. The first kappa shape index (κ1) is 21.6. The summed E-state index contributed by atoms with van der Waals surface area (Å²) in [7, 11) is 0. The largest absolute Gasteiger partial charge is 0.447 e. The van der Waals surface area contributed by atoms with E-state index < -0.39 is 6.09 Å². The number of pyridine rings is 1. The van der Waals surface area contributed by atoms with Gasteiger partial charge < -0.3 is 4.74 Å². The average molecular weight is 447 g/mol. The molecule has 2 fully saturated rings. The summed E-state index contributed by atoms with van der Waals surface area (Å²) in [6.07, 6.45) is 5.91. The van der Waals surface area contributed by atoms with E-state index in [0.29, 0.717) is 18.8 Å². The summed E-state index contributed by atoms with van der Waals surface area (Å²) in [5.74, 6) is 0.174. The van der Waals surface area contributed by atoms with Gasteiger partial charge in [-0.05, 0) is 79.3 Å². The zero-order chi connectivity index (χ0) is 22.8. The Hall–Kier alpha value is -3.28. The number of benzene rings is 2. The molecule has 2 aromatic carbocycles. The Labute approximate surface area is 192 Å². The van der Waals surface area contributed by atoms with Crippen LogP contribution in [0.25, 0.3) is 10.9 Å². The fraction of sp³-hybridized carbons (Fsp3) is 0.370. The summed E-state index contributed by atoms with van der Waals surface area (Å²) in [5.41, 5.74) is 3.03. The SMILES string of the molecule is O=C(CC1CCC(c2ccnc3ccc(F)cc23)CC1)N1C(=O)OC[C@H]1Cc1ccccc1. The second-order valence-electron chi connectivity index (χ2n) is 9.17. The quantitative estimate of drug-likeness (QED) is 0.510. The number of halogens is 1. The van der Waals surface area contributed by atoms with Crippen LogP contribution in [0, 0.1) is 11.7 Å². The van der Waals surface area contributed by atoms with Crippen LogP contribution in [-0.2, 0) is 16.0 Å². The molecular weight excluding hydrogens is 419 g/mol. The van der Waals surface area contributed by atoms with Gasteiger partial charge in [-0.1, -0.05) is 30.3 Å². The van der Waals surface area contributed by atoms with E-state index in [0.717, 1.165) is 47.7 Å². The van der Waals surface area contributed by atoms with Crippen molar-refractivity contribution in [3.63, 3.8) is 0 Å². The number of fused-ring (bicyclic) bond motifs is 1. The minimum atomic E-state index is -0.528. The summed E-state index contributed by atoms with van der Waals surface area (Å²) in [4.78, 5) is 31.0. The van der Waals surface area contributed by atoms with Crippen LogP contribution in [0.1, 0.15) is 49.1 Å². The molecule has 5 nitrogen and oxygen atoms in total. The van der Waals surface area contributed by atoms with Gasteiger partial charge in [-0.3, -0.25) is 9.78 Å². The number of ether oxygens (including phenoxy) is 1. The van der Waals surface area contributed by atoms with Gasteiger partial charge in [-0.15, -0.1) is 0 Å². The number of imide groups is 1. The monoisotopic (exact) mass is 446 g/mol. The number of aromatic nitrogens is 1. The molecule has 2 aliphatic rings. The van der Waals surface area contributed by atoms with Crippen LogP contribution in [0.2, 0.25) is 0 Å². The zero-order valence-electron chi connectivity index (χ0n) is 18.5. The van der Waals surface area contributed by atoms with Crippen LogP contribution in [0.4, 0.5) is 9.18 Å². The van der Waals surface area contributed by atoms with Crippen molar-refractivity contribution in [1.29, 1.82) is 0 Å². The Morgan fingerprint density at radius 3 is 2.64 bits per heavy atom. The van der Waals surface area contributed by atoms with Crippen molar-refractivity contribution in [3.05, 3.63) is 77.7 Å². The number of rotatable bonds is 5. The van der Waals surface area contributed by atoms with Crippen molar-refractivity contribution in [2.75, 3.05) is 6.61 Å². The first-order chi connectivity index (χ1) is 16.1. The fourth-order valence-electron chi connectivity index (χ4n) is 5.32. The molecule has 1 aliphatic heterocycles. The van der Waals surface area contributed by atoms with Crippen LogP contribution in [0.5, 0.6) is 0 Å². The van der Waals surface area contributed by atoms with E-state index in [1.165, 1.54) is 11.0 Å². The molecule has 2 amide bonds. The summed E-state index contributed by atoms with van der Waals surface area (Å²) >= 11 is 0. The number of amides is 2. The summed E-state index contributed by atoms with van der Waals surface area (Å²) in [5, 5.41) is 0.876. The second kappa shape index (κ2) is 9.30. The molecule has 0 N–H and O–H groups in total. The van der Waals surface area contributed by atoms with Crippen molar-refractivity contribution < 1.29 is 18.7 Å². The van der Waals surface area contributed by atoms with Crippen molar-refractivity contribution in [3.8, 4) is 0 Å². The summed E-state index contributed by atoms with van der Waals surface area (Å²) in [6.45, 7) is 0.248. The van der Waals surface area contributed by atoms with E-state index in [2.05, 4.69) is 4.98 Å². The highest BCUT2D eigenvalue weighted by molar-refractivity contribution is 5.93. The van der Waals surface area contributed by atoms with Gasteiger partial charge in [0.05, 0.1) is 11.6 Å². The maximum atomic E-state index is 13.8. The third kappa shape index (κ3) is 4.61. The molecule has 3 aromatic rings. The molecule has 6 heteroatoms. The van der Waals surface area contributed by atoms with Crippen molar-refractivity contribution in [2.24, 2.45) is 5.92 Å². The number of nitrogens with zero attached hydrogens (tertiary/aromatic N) is 2. The lowest BCUT2D eigenvalue weighted by atomic mass is 9.76. The van der Waals surface area contributed by atoms with Crippen LogP contribution in [0.15, 0.2) is 60.8 Å². The molecule has 1 aromatic heterocycles. The number of carbonyl (C=O) groups is 2. The molecule has 0 radical (unpaired) electrons. The summed E-state index contributed by atoms with van der Waals surface area (Å²) in [6, 6.07) is 16.3. The van der Waals surface area contributed by atoms with Gasteiger partial charge in [0, 0.05) is 18.0 Å². The van der Waals surface area contributed by atoms with Gasteiger partial charge in [0.2, 0.25) is 5.91 Å². The highest BCUT2D eigenvalue weighted by Crippen LogP contribution is 2.39. The highest BCUT2D eigenvalue weighted by Gasteiger charge is 2.39. The first-order valence-corrected chi connectivity index (χ1v) is 11.7. The molecule has 1 saturated heterocycles. The van der Waals surface area contributed by atoms with Gasteiger partial charge in [0.1, 0.15) is 12.4 Å². The van der Waals surface area contributed by atoms with Gasteiger partial charge in [-0.2, -0.15) is 0 Å². The van der Waals surface area contributed by atoms with Gasteiger partial charge >= 0.3 is 6.09 Å². The Bertz CT molecular complexity index is 1160. The lowest BCUT2D eigenvalue weighted by molar-refractivity contribution is -0.130. The van der Waals surface area contributed by atoms with Gasteiger partial charge in [0.25, 0.3) is 0 Å². The third-order valence-corrected chi connectivity index (χ3v) is 7.03. The summed E-state index contributed by atoms with van der Waals surface area (Å²) < 4.78 is 19.0. The molecule has 170 valence electrons. The maximum Gasteiger partial charge on any atom is 0.416 e. The molecule has 0 spiro atoms. The van der Waals surface area contributed by atoms with E-state index in [4.69, 9.17) is 4.74 Å². The number of hydrogen-bond acceptors (Lipinski definition) is 4. The zero-order valence-corrected chi connectivity index (χ0v) is 18.5. The molecule has 0 unspecified atom stereocenters. The Morgan fingerprint density at radius 2 is 1.85 bits per heavy atom. The van der Waals surface area contributed by atoms with E-state index >= 15 is 0 Å². The normalized spacial score (nSPS) is 23.0. The minimum absolute atomic E-state index is 0.140. The minimum Gasteiger partial charge on any atom is -0.447 e. The number of carbonyl (C=O) groups excluding carboxylic acids is 2. The Kier molecular flexibility index (Phi) is 6.07. The molecule has 2 heterocycles. The molecule has 1 atom stereocenters. The predicted octanol–water partition coefficient (Wildman–Crippen LogP) is 5.63. The highest BCUT2D eigenvalue weighted by atomic mass is 19.1. The van der Waals surface area contributed by atoms with E-state index in [1.807, 2.05) is 36.4 Å². The molecule has 0 bridgehead atoms. The molecule has 33 heavy (non-hydrogen) atoms. The number of hydrogen-bond donors (Lipinski definition) is 0. The number of cyclic esters (lactones) is 1. The van der Waals surface area contributed by atoms with Crippen LogP contribution in [0.3, 0.4) is 0 Å². The smallest absolute Gasteiger partial charge is 0.416 e. The Morgan fingerprint density at radius 1 is 1.06 bits per heavy atom. The van der Waals surface area contributed by atoms with E-state index in [-0.39, 0.29) is 30.3 Å². The first-order valence-electron chi connectivity index (χ1n) is 11.7. The van der Waals surface area contributed by atoms with Crippen LogP contribution < -0.4 is 0 Å². The lowest BCUT2D eigenvalue weighted by Gasteiger charge is -2.30. The maximum absolute atomic E-state index is 13.8. The van der Waals surface area contributed by atoms with Crippen LogP contribution >= 0.6 is 0 Å².